The van der Waals surface area contributed by atoms with Crippen molar-refractivity contribution in [3.05, 3.63) is 251 Å². The van der Waals surface area contributed by atoms with Crippen LogP contribution in [0.2, 0.25) is 0 Å². The quantitative estimate of drug-likeness (QED) is 0.187. The first-order valence-electron chi connectivity index (χ1n) is 21.8. The van der Waals surface area contributed by atoms with E-state index in [2.05, 4.69) is 241 Å². The van der Waals surface area contributed by atoms with Crippen LogP contribution in [-0.2, 0) is 10.8 Å². The summed E-state index contributed by atoms with van der Waals surface area (Å²) >= 11 is 0. The molecular weight excluding hydrogens is 751 g/mol. The average molecular weight is 794 g/mol. The van der Waals surface area contributed by atoms with Crippen LogP contribution < -0.4 is 15.1 Å². The van der Waals surface area contributed by atoms with Crippen molar-refractivity contribution >= 4 is 34.1 Å². The van der Waals surface area contributed by atoms with Gasteiger partial charge in [0.25, 0.3) is 0 Å². The average Bonchev–Trinajstić information content (AvgIpc) is 3.94. The number of hydrogen-bond acceptors (Lipinski definition) is 3. The number of hydrogen-bond donors (Lipinski definition) is 1. The van der Waals surface area contributed by atoms with Crippen LogP contribution in [0.5, 0.6) is 0 Å². The van der Waals surface area contributed by atoms with E-state index >= 15 is 0 Å². The molecule has 3 heteroatoms. The summed E-state index contributed by atoms with van der Waals surface area (Å²) in [6, 6.07) is 78.9. The van der Waals surface area contributed by atoms with Gasteiger partial charge in [0.15, 0.2) is 0 Å². The zero-order chi connectivity index (χ0) is 41.2. The molecule has 1 N–H and O–H groups in total. The van der Waals surface area contributed by atoms with Gasteiger partial charge >= 0.3 is 0 Å². The normalized spacial score (nSPS) is 16.1. The summed E-state index contributed by atoms with van der Waals surface area (Å²) in [6.45, 7) is 4.72. The van der Waals surface area contributed by atoms with Crippen LogP contribution in [0.1, 0.15) is 59.0 Å². The van der Waals surface area contributed by atoms with Crippen LogP contribution >= 0.6 is 0 Å². The van der Waals surface area contributed by atoms with E-state index in [1.165, 1.54) is 83.7 Å². The molecule has 0 fully saturated rings. The number of para-hydroxylation sites is 2. The Morgan fingerprint density at radius 3 is 1.63 bits per heavy atom. The predicted molar refractivity (Wildman–Crippen MR) is 256 cm³/mol. The Bertz CT molecular complexity index is 3210. The second-order valence-electron chi connectivity index (χ2n) is 17.7. The number of rotatable bonds is 5. The molecular formula is C59H43N3. The van der Waals surface area contributed by atoms with Crippen LogP contribution in [0.3, 0.4) is 0 Å². The molecule has 1 unspecified atom stereocenters. The SMILES string of the molecule is CC1(C)c2ccccc2-c2ccc(N(c3ccc(-c4ccccc4)cc3)c3ccc(C4Nc5cccc6c5N4c4ccccc4C64c5ccccc5-c5ccccc54)cc3)cc21. The lowest BCUT2D eigenvalue weighted by atomic mass is 9.64. The van der Waals surface area contributed by atoms with Gasteiger partial charge in [-0.2, -0.15) is 0 Å². The van der Waals surface area contributed by atoms with Crippen LogP contribution in [0.15, 0.2) is 212 Å². The Labute approximate surface area is 363 Å². The third-order valence-electron chi connectivity index (χ3n) is 14.3. The van der Waals surface area contributed by atoms with E-state index in [1.807, 2.05) is 0 Å². The third-order valence-corrected chi connectivity index (χ3v) is 14.3. The van der Waals surface area contributed by atoms with Gasteiger partial charge in [-0.1, -0.05) is 178 Å². The first-order valence-corrected chi connectivity index (χ1v) is 21.8. The predicted octanol–water partition coefficient (Wildman–Crippen LogP) is 15.1. The van der Waals surface area contributed by atoms with Gasteiger partial charge in [0, 0.05) is 28.2 Å². The lowest BCUT2D eigenvalue weighted by Crippen LogP contribution is -2.37. The Kier molecular flexibility index (Phi) is 7.34. The highest BCUT2D eigenvalue weighted by molar-refractivity contribution is 5.98. The largest absolute Gasteiger partial charge is 0.359 e. The van der Waals surface area contributed by atoms with Crippen molar-refractivity contribution in [1.29, 1.82) is 0 Å². The molecule has 0 aromatic heterocycles. The summed E-state index contributed by atoms with van der Waals surface area (Å²) in [7, 11) is 0. The van der Waals surface area contributed by atoms with E-state index in [9.17, 15) is 0 Å². The van der Waals surface area contributed by atoms with Crippen LogP contribution in [0.25, 0.3) is 33.4 Å². The van der Waals surface area contributed by atoms with Crippen molar-refractivity contribution in [2.45, 2.75) is 30.8 Å². The minimum absolute atomic E-state index is 0.0940. The van der Waals surface area contributed by atoms with Crippen molar-refractivity contribution in [2.75, 3.05) is 15.1 Å². The highest BCUT2D eigenvalue weighted by Crippen LogP contribution is 2.66. The van der Waals surface area contributed by atoms with Gasteiger partial charge in [-0.05, 0) is 121 Å². The molecule has 9 aromatic rings. The Balaban J connectivity index is 0.929. The maximum atomic E-state index is 4.02. The molecule has 3 nitrogen and oxygen atoms in total. The van der Waals surface area contributed by atoms with Crippen molar-refractivity contribution in [1.82, 2.24) is 0 Å². The van der Waals surface area contributed by atoms with E-state index < -0.39 is 5.41 Å². The van der Waals surface area contributed by atoms with E-state index in [-0.39, 0.29) is 11.6 Å². The molecule has 2 aliphatic carbocycles. The maximum Gasteiger partial charge on any atom is 0.130 e. The van der Waals surface area contributed by atoms with Gasteiger partial charge in [0.05, 0.1) is 16.8 Å². The Hall–Kier alpha value is -7.62. The van der Waals surface area contributed by atoms with Crippen LogP contribution in [0, 0.1) is 0 Å². The lowest BCUT2D eigenvalue weighted by molar-refractivity contribution is 0.660. The molecule has 0 radical (unpaired) electrons. The molecule has 0 amide bonds. The fourth-order valence-electron chi connectivity index (χ4n) is 11.5. The van der Waals surface area contributed by atoms with Crippen LogP contribution in [-0.4, -0.2) is 0 Å². The number of fused-ring (bicyclic) bond motifs is 12. The standard InChI is InChI=1S/C59H43N3/c1-58(2)48-20-9-6-17-44(48)47-36-35-43(37-53(47)58)61(41-31-27-39(28-32-41)38-15-4-3-5-16-38)42-33-29-40(30-34-42)57-60-54-25-14-24-52-56(54)62(57)55-26-13-12-23-51(55)59(52)49-21-10-7-18-45(49)46-19-8-11-22-50(46)59/h3-37,57,60H,1-2H3. The molecule has 294 valence electrons. The van der Waals surface area contributed by atoms with Gasteiger partial charge in [0.1, 0.15) is 6.17 Å². The van der Waals surface area contributed by atoms with Gasteiger partial charge in [0.2, 0.25) is 0 Å². The summed E-state index contributed by atoms with van der Waals surface area (Å²) in [6.07, 6.45) is -0.0940. The van der Waals surface area contributed by atoms with Crippen molar-refractivity contribution in [3.8, 4) is 33.4 Å². The van der Waals surface area contributed by atoms with E-state index in [0.29, 0.717) is 0 Å². The molecule has 1 atom stereocenters. The van der Waals surface area contributed by atoms with Gasteiger partial charge < -0.3 is 15.1 Å². The molecule has 9 aromatic carbocycles. The number of benzene rings is 9. The van der Waals surface area contributed by atoms with E-state index in [0.717, 1.165) is 22.7 Å². The summed E-state index contributed by atoms with van der Waals surface area (Å²) in [4.78, 5) is 4.98. The Morgan fingerprint density at radius 2 is 0.935 bits per heavy atom. The van der Waals surface area contributed by atoms with Gasteiger partial charge in [-0.25, -0.2) is 0 Å². The van der Waals surface area contributed by atoms with Gasteiger partial charge in [-0.15, -0.1) is 0 Å². The number of nitrogens with zero attached hydrogens (tertiary/aromatic N) is 2. The molecule has 2 aliphatic heterocycles. The van der Waals surface area contributed by atoms with E-state index in [4.69, 9.17) is 0 Å². The summed E-state index contributed by atoms with van der Waals surface area (Å²) < 4.78 is 0. The number of nitrogens with one attached hydrogen (secondary N) is 1. The second-order valence-corrected chi connectivity index (χ2v) is 17.7. The molecule has 13 rings (SSSR count). The molecule has 0 saturated heterocycles. The van der Waals surface area contributed by atoms with E-state index in [1.54, 1.807) is 0 Å². The lowest BCUT2D eigenvalue weighted by Gasteiger charge is -2.44. The topological polar surface area (TPSA) is 18.5 Å². The summed E-state index contributed by atoms with van der Waals surface area (Å²) in [5.74, 6) is 0. The molecule has 2 heterocycles. The highest BCUT2D eigenvalue weighted by Gasteiger charge is 2.54. The minimum Gasteiger partial charge on any atom is -0.359 e. The molecule has 4 aliphatic rings. The van der Waals surface area contributed by atoms with Crippen LogP contribution in [0.4, 0.5) is 34.1 Å². The third kappa shape index (κ3) is 4.71. The van der Waals surface area contributed by atoms with Crippen molar-refractivity contribution < 1.29 is 0 Å². The summed E-state index contributed by atoms with van der Waals surface area (Å²) in [5.41, 5.74) is 23.5. The second kappa shape index (κ2) is 12.9. The zero-order valence-electron chi connectivity index (χ0n) is 34.7. The highest BCUT2D eigenvalue weighted by atomic mass is 15.3. The van der Waals surface area contributed by atoms with Crippen molar-refractivity contribution in [2.24, 2.45) is 0 Å². The molecule has 0 bridgehead atoms. The molecule has 1 spiro atoms. The van der Waals surface area contributed by atoms with Gasteiger partial charge in [-0.3, -0.25) is 0 Å². The first kappa shape index (κ1) is 35.2. The smallest absolute Gasteiger partial charge is 0.130 e. The fourth-order valence-corrected chi connectivity index (χ4v) is 11.5. The maximum absolute atomic E-state index is 4.02. The first-order chi connectivity index (χ1) is 30.5. The number of anilines is 6. The molecule has 0 saturated carbocycles. The summed E-state index contributed by atoms with van der Waals surface area (Å²) in [5, 5.41) is 4.02. The van der Waals surface area contributed by atoms with Crippen molar-refractivity contribution in [3.63, 3.8) is 0 Å². The monoisotopic (exact) mass is 793 g/mol. The zero-order valence-corrected chi connectivity index (χ0v) is 34.7. The molecule has 62 heavy (non-hydrogen) atoms. The Morgan fingerprint density at radius 1 is 0.419 bits per heavy atom. The fraction of sp³-hybridized carbons (Fsp3) is 0.0847. The minimum atomic E-state index is -0.422.